The summed E-state index contributed by atoms with van der Waals surface area (Å²) in [4.78, 5) is 18.1. The maximum atomic E-state index is 13.3. The van der Waals surface area contributed by atoms with Gasteiger partial charge in [-0.25, -0.2) is 4.98 Å². The molecule has 1 atom stereocenters. The van der Waals surface area contributed by atoms with Gasteiger partial charge in [-0.1, -0.05) is 37.3 Å². The molecule has 0 spiro atoms. The Labute approximate surface area is 176 Å². The third-order valence-electron chi connectivity index (χ3n) is 5.31. The van der Waals surface area contributed by atoms with Crippen molar-refractivity contribution in [2.24, 2.45) is 0 Å². The van der Waals surface area contributed by atoms with Crippen molar-refractivity contribution in [1.82, 2.24) is 9.38 Å². The van der Waals surface area contributed by atoms with Crippen LogP contribution in [0.5, 0.6) is 5.75 Å². The number of hydrogen-bond donors (Lipinski definition) is 1. The molecule has 0 saturated carbocycles. The Bertz CT molecular complexity index is 1160. The zero-order valence-electron chi connectivity index (χ0n) is 17.4. The topological polar surface area (TPSA) is 55.6 Å². The van der Waals surface area contributed by atoms with Crippen LogP contribution in [0.1, 0.15) is 30.4 Å². The SMILES string of the molecule is CCC(C(=O)Nc1c(-c2ccc(OC)cc2)nc2cc(C)ccn12)c1ccccc1. The third-order valence-corrected chi connectivity index (χ3v) is 5.31. The van der Waals surface area contributed by atoms with E-state index >= 15 is 0 Å². The average molecular weight is 399 g/mol. The van der Waals surface area contributed by atoms with Crippen LogP contribution >= 0.6 is 0 Å². The molecule has 2 aromatic carbocycles. The number of pyridine rings is 1. The maximum Gasteiger partial charge on any atom is 0.233 e. The van der Waals surface area contributed by atoms with Crippen molar-refractivity contribution >= 4 is 17.4 Å². The summed E-state index contributed by atoms with van der Waals surface area (Å²) in [6, 6.07) is 21.6. The Balaban J connectivity index is 1.77. The lowest BCUT2D eigenvalue weighted by molar-refractivity contribution is -0.117. The standard InChI is InChI=1S/C25H25N3O2/c1-4-21(18-8-6-5-7-9-18)25(29)27-24-23(19-10-12-20(30-3)13-11-19)26-22-16-17(2)14-15-28(22)24/h5-16,21H,4H2,1-3H3,(H,27,29). The number of fused-ring (bicyclic) bond motifs is 1. The van der Waals surface area contributed by atoms with Gasteiger partial charge in [0, 0.05) is 11.8 Å². The number of anilines is 1. The van der Waals surface area contributed by atoms with E-state index in [0.717, 1.165) is 33.8 Å². The number of amides is 1. The molecule has 4 rings (SSSR count). The predicted molar refractivity (Wildman–Crippen MR) is 120 cm³/mol. The summed E-state index contributed by atoms with van der Waals surface area (Å²) in [5, 5.41) is 3.16. The number of hydrogen-bond acceptors (Lipinski definition) is 3. The van der Waals surface area contributed by atoms with Crippen LogP contribution in [-0.4, -0.2) is 22.4 Å². The van der Waals surface area contributed by atoms with Crippen LogP contribution in [0, 0.1) is 6.92 Å². The summed E-state index contributed by atoms with van der Waals surface area (Å²) >= 11 is 0. The molecule has 2 aromatic heterocycles. The maximum absolute atomic E-state index is 13.3. The highest BCUT2D eigenvalue weighted by Crippen LogP contribution is 2.32. The van der Waals surface area contributed by atoms with Crippen LogP contribution in [0.25, 0.3) is 16.9 Å². The van der Waals surface area contributed by atoms with Gasteiger partial charge in [0.1, 0.15) is 22.9 Å². The minimum absolute atomic E-state index is 0.0409. The van der Waals surface area contributed by atoms with Crippen molar-refractivity contribution in [3.63, 3.8) is 0 Å². The number of rotatable bonds is 6. The van der Waals surface area contributed by atoms with Gasteiger partial charge >= 0.3 is 0 Å². The van der Waals surface area contributed by atoms with Gasteiger partial charge in [0.2, 0.25) is 5.91 Å². The highest BCUT2D eigenvalue weighted by atomic mass is 16.5. The number of benzene rings is 2. The van der Waals surface area contributed by atoms with E-state index in [0.29, 0.717) is 12.2 Å². The Kier molecular flexibility index (Phi) is 5.53. The summed E-state index contributed by atoms with van der Waals surface area (Å²) in [7, 11) is 1.64. The van der Waals surface area contributed by atoms with Gasteiger partial charge in [-0.3, -0.25) is 9.20 Å². The van der Waals surface area contributed by atoms with Crippen molar-refractivity contribution in [3.05, 3.63) is 84.1 Å². The number of nitrogens with one attached hydrogen (secondary N) is 1. The van der Waals surface area contributed by atoms with E-state index in [-0.39, 0.29) is 11.8 Å². The van der Waals surface area contributed by atoms with Crippen molar-refractivity contribution in [2.45, 2.75) is 26.2 Å². The molecule has 0 aliphatic carbocycles. The first-order valence-corrected chi connectivity index (χ1v) is 10.1. The zero-order chi connectivity index (χ0) is 21.1. The Morgan fingerprint density at radius 1 is 1.10 bits per heavy atom. The van der Waals surface area contributed by atoms with E-state index in [2.05, 4.69) is 5.32 Å². The molecule has 1 amide bonds. The lowest BCUT2D eigenvalue weighted by Gasteiger charge is -2.16. The summed E-state index contributed by atoms with van der Waals surface area (Å²) in [5.41, 5.74) is 4.57. The van der Waals surface area contributed by atoms with Crippen LogP contribution in [0.15, 0.2) is 72.9 Å². The predicted octanol–water partition coefficient (Wildman–Crippen LogP) is 5.45. The Hall–Kier alpha value is -3.60. The number of ether oxygens (including phenoxy) is 1. The smallest absolute Gasteiger partial charge is 0.233 e. The molecule has 4 aromatic rings. The van der Waals surface area contributed by atoms with E-state index in [9.17, 15) is 4.79 Å². The fourth-order valence-electron chi connectivity index (χ4n) is 3.68. The lowest BCUT2D eigenvalue weighted by atomic mass is 9.95. The summed E-state index contributed by atoms with van der Waals surface area (Å²) in [5.74, 6) is 1.18. The molecule has 0 radical (unpaired) electrons. The molecule has 5 nitrogen and oxygen atoms in total. The van der Waals surface area contributed by atoms with Gasteiger partial charge in [-0.05, 0) is 60.9 Å². The molecule has 2 heterocycles. The van der Waals surface area contributed by atoms with Crippen LogP contribution in [0.2, 0.25) is 0 Å². The summed E-state index contributed by atoms with van der Waals surface area (Å²) in [6.07, 6.45) is 2.66. The van der Waals surface area contributed by atoms with Crippen LogP contribution in [0.3, 0.4) is 0 Å². The van der Waals surface area contributed by atoms with Gasteiger partial charge in [-0.2, -0.15) is 0 Å². The van der Waals surface area contributed by atoms with Gasteiger partial charge in [0.15, 0.2) is 0 Å². The van der Waals surface area contributed by atoms with Crippen molar-refractivity contribution in [1.29, 1.82) is 0 Å². The highest BCUT2D eigenvalue weighted by Gasteiger charge is 2.22. The van der Waals surface area contributed by atoms with Gasteiger partial charge in [0.25, 0.3) is 0 Å². The van der Waals surface area contributed by atoms with E-state index in [4.69, 9.17) is 9.72 Å². The largest absolute Gasteiger partial charge is 0.497 e. The number of aryl methyl sites for hydroxylation is 1. The third kappa shape index (κ3) is 3.79. The number of nitrogens with zero attached hydrogens (tertiary/aromatic N) is 2. The molecule has 5 heteroatoms. The second-order valence-electron chi connectivity index (χ2n) is 7.33. The van der Waals surface area contributed by atoms with Crippen LogP contribution in [0.4, 0.5) is 5.82 Å². The Morgan fingerprint density at radius 2 is 1.83 bits per heavy atom. The van der Waals surface area contributed by atoms with Crippen molar-refractivity contribution in [2.75, 3.05) is 12.4 Å². The molecule has 0 fully saturated rings. The van der Waals surface area contributed by atoms with E-state index in [1.807, 2.05) is 91.2 Å². The average Bonchev–Trinajstić information content (AvgIpc) is 3.12. The first kappa shape index (κ1) is 19.7. The fraction of sp³-hybridized carbons (Fsp3) is 0.200. The van der Waals surface area contributed by atoms with E-state index in [1.54, 1.807) is 7.11 Å². The van der Waals surface area contributed by atoms with Crippen molar-refractivity contribution < 1.29 is 9.53 Å². The normalized spacial score (nSPS) is 12.0. The first-order chi connectivity index (χ1) is 14.6. The van der Waals surface area contributed by atoms with Crippen LogP contribution < -0.4 is 10.1 Å². The highest BCUT2D eigenvalue weighted by molar-refractivity contribution is 5.98. The number of carbonyl (C=O) groups is 1. The quantitative estimate of drug-likeness (QED) is 0.469. The number of methoxy groups -OCH3 is 1. The number of carbonyl (C=O) groups excluding carboxylic acids is 1. The molecular weight excluding hydrogens is 374 g/mol. The van der Waals surface area contributed by atoms with Gasteiger partial charge in [0.05, 0.1) is 13.0 Å². The van der Waals surface area contributed by atoms with Gasteiger partial charge < -0.3 is 10.1 Å². The second kappa shape index (κ2) is 8.41. The number of aromatic nitrogens is 2. The first-order valence-electron chi connectivity index (χ1n) is 10.1. The molecule has 30 heavy (non-hydrogen) atoms. The van der Waals surface area contributed by atoms with Crippen molar-refractivity contribution in [3.8, 4) is 17.0 Å². The molecule has 0 bridgehead atoms. The summed E-state index contributed by atoms with van der Waals surface area (Å²) in [6.45, 7) is 4.06. The Morgan fingerprint density at radius 3 is 2.50 bits per heavy atom. The minimum Gasteiger partial charge on any atom is -0.497 e. The molecule has 1 N–H and O–H groups in total. The molecule has 0 aliphatic rings. The molecule has 1 unspecified atom stereocenters. The van der Waals surface area contributed by atoms with Gasteiger partial charge in [-0.15, -0.1) is 0 Å². The molecule has 0 aliphatic heterocycles. The number of imidazole rings is 1. The van der Waals surface area contributed by atoms with Crippen LogP contribution in [-0.2, 0) is 4.79 Å². The summed E-state index contributed by atoms with van der Waals surface area (Å²) < 4.78 is 7.21. The molecule has 152 valence electrons. The molecule has 0 saturated heterocycles. The zero-order valence-corrected chi connectivity index (χ0v) is 17.4. The second-order valence-corrected chi connectivity index (χ2v) is 7.33. The monoisotopic (exact) mass is 399 g/mol. The van der Waals surface area contributed by atoms with E-state index < -0.39 is 0 Å². The fourth-order valence-corrected chi connectivity index (χ4v) is 3.68. The van der Waals surface area contributed by atoms with E-state index in [1.165, 1.54) is 0 Å². The molecular formula is C25H25N3O2. The minimum atomic E-state index is -0.231. The lowest BCUT2D eigenvalue weighted by Crippen LogP contribution is -2.22.